The molecule has 2 rings (SSSR count). The molecule has 0 bridgehead atoms. The van der Waals surface area contributed by atoms with E-state index >= 15 is 0 Å². The van der Waals surface area contributed by atoms with Crippen LogP contribution in [0, 0.1) is 0 Å². The van der Waals surface area contributed by atoms with Gasteiger partial charge in [-0.3, -0.25) is 10.1 Å². The molecule has 12 heteroatoms. The molecule has 0 aliphatic rings. The SMILES string of the molecule is O=C(NC(=O)c1c(Cl)cccc1Cl)Nc1cc(Cl)c(SCC(F)(F)F)c(Cl)c1. The van der Waals surface area contributed by atoms with Crippen molar-refractivity contribution in [3.05, 3.63) is 56.0 Å². The molecule has 28 heavy (non-hydrogen) atoms. The maximum Gasteiger partial charge on any atom is 0.398 e. The van der Waals surface area contributed by atoms with E-state index in [1.54, 1.807) is 0 Å². The van der Waals surface area contributed by atoms with Crippen LogP contribution >= 0.6 is 58.2 Å². The Bertz CT molecular complexity index is 882. The lowest BCUT2D eigenvalue weighted by atomic mass is 10.2. The lowest BCUT2D eigenvalue weighted by Gasteiger charge is -2.12. The molecular formula is C16H9Cl4F3N2O2S. The Labute approximate surface area is 181 Å². The van der Waals surface area contributed by atoms with Crippen molar-refractivity contribution in [3.63, 3.8) is 0 Å². The number of alkyl halides is 3. The standard InChI is InChI=1S/C16H9Cl4F3N2O2S/c17-8-2-1-3-9(18)12(8)14(26)25-15(27)24-7-4-10(19)13(11(20)5-7)28-6-16(21,22)23/h1-5H,6H2,(H2,24,25,26,27). The second-order valence-corrected chi connectivity index (χ2v) is 7.79. The fourth-order valence-electron chi connectivity index (χ4n) is 1.97. The predicted molar refractivity (Wildman–Crippen MR) is 106 cm³/mol. The molecule has 0 saturated heterocycles. The number of anilines is 1. The Morgan fingerprint density at radius 2 is 1.50 bits per heavy atom. The van der Waals surface area contributed by atoms with Crippen molar-refractivity contribution >= 4 is 75.8 Å². The maximum atomic E-state index is 12.4. The van der Waals surface area contributed by atoms with Crippen molar-refractivity contribution < 1.29 is 22.8 Å². The van der Waals surface area contributed by atoms with Gasteiger partial charge in [-0.15, -0.1) is 11.8 Å². The summed E-state index contributed by atoms with van der Waals surface area (Å²) in [6.45, 7) is 0. The van der Waals surface area contributed by atoms with E-state index in [0.717, 1.165) is 0 Å². The number of carbonyl (C=O) groups is 2. The molecule has 0 spiro atoms. The number of amides is 3. The third-order valence-corrected chi connectivity index (χ3v) is 5.70. The molecule has 0 unspecified atom stereocenters. The zero-order chi connectivity index (χ0) is 21.1. The fourth-order valence-corrected chi connectivity index (χ4v) is 4.05. The second-order valence-electron chi connectivity index (χ2n) is 5.18. The van der Waals surface area contributed by atoms with Gasteiger partial charge in [0.25, 0.3) is 5.91 Å². The summed E-state index contributed by atoms with van der Waals surface area (Å²) in [7, 11) is 0. The number of nitrogens with one attached hydrogen (secondary N) is 2. The van der Waals surface area contributed by atoms with Gasteiger partial charge in [-0.25, -0.2) is 4.79 Å². The van der Waals surface area contributed by atoms with Crippen LogP contribution in [-0.4, -0.2) is 23.9 Å². The van der Waals surface area contributed by atoms with Crippen LogP contribution in [0.25, 0.3) is 0 Å². The molecule has 150 valence electrons. The van der Waals surface area contributed by atoms with Crippen LogP contribution in [0.4, 0.5) is 23.7 Å². The van der Waals surface area contributed by atoms with E-state index in [9.17, 15) is 22.8 Å². The van der Waals surface area contributed by atoms with Crippen LogP contribution in [0.3, 0.4) is 0 Å². The first-order valence-corrected chi connectivity index (χ1v) is 9.72. The summed E-state index contributed by atoms with van der Waals surface area (Å²) in [6, 6.07) is 5.86. The molecule has 4 nitrogen and oxygen atoms in total. The number of hydrogen-bond acceptors (Lipinski definition) is 3. The highest BCUT2D eigenvalue weighted by Crippen LogP contribution is 2.39. The maximum absolute atomic E-state index is 12.4. The van der Waals surface area contributed by atoms with E-state index in [-0.39, 0.29) is 36.2 Å². The number of carbonyl (C=O) groups excluding carboxylic acids is 2. The molecule has 0 aliphatic heterocycles. The van der Waals surface area contributed by atoms with E-state index in [1.165, 1.54) is 30.3 Å². The summed E-state index contributed by atoms with van der Waals surface area (Å²) in [5, 5.41) is 4.26. The molecule has 0 radical (unpaired) electrons. The van der Waals surface area contributed by atoms with E-state index in [1.807, 2.05) is 5.32 Å². The zero-order valence-electron chi connectivity index (χ0n) is 13.5. The first-order chi connectivity index (χ1) is 13.0. The number of urea groups is 1. The molecule has 0 saturated carbocycles. The van der Waals surface area contributed by atoms with Gasteiger partial charge in [0.1, 0.15) is 0 Å². The largest absolute Gasteiger partial charge is 0.398 e. The average molecular weight is 492 g/mol. The van der Waals surface area contributed by atoms with Crippen molar-refractivity contribution in [1.29, 1.82) is 0 Å². The van der Waals surface area contributed by atoms with Gasteiger partial charge >= 0.3 is 12.2 Å². The Hall–Kier alpha value is -1.32. The minimum atomic E-state index is -4.39. The van der Waals surface area contributed by atoms with Gasteiger partial charge in [0.05, 0.1) is 31.4 Å². The van der Waals surface area contributed by atoms with E-state index < -0.39 is 23.9 Å². The Morgan fingerprint density at radius 1 is 0.964 bits per heavy atom. The summed E-state index contributed by atoms with van der Waals surface area (Å²) in [4.78, 5) is 24.2. The van der Waals surface area contributed by atoms with E-state index in [0.29, 0.717) is 11.8 Å². The number of benzene rings is 2. The number of imide groups is 1. The predicted octanol–water partition coefficient (Wildman–Crippen LogP) is 6.92. The van der Waals surface area contributed by atoms with Gasteiger partial charge in [-0.1, -0.05) is 52.5 Å². The number of rotatable bonds is 4. The summed E-state index contributed by atoms with van der Waals surface area (Å²) in [6.07, 6.45) is -4.39. The Balaban J connectivity index is 2.09. The van der Waals surface area contributed by atoms with Crippen molar-refractivity contribution in [3.8, 4) is 0 Å². The third kappa shape index (κ3) is 6.35. The lowest BCUT2D eigenvalue weighted by molar-refractivity contribution is -0.105. The van der Waals surface area contributed by atoms with Gasteiger partial charge in [0, 0.05) is 10.6 Å². The molecular weight excluding hydrogens is 483 g/mol. The quantitative estimate of drug-likeness (QED) is 0.456. The molecule has 0 heterocycles. The summed E-state index contributed by atoms with van der Waals surface area (Å²) >= 11 is 24.1. The molecule has 2 N–H and O–H groups in total. The normalized spacial score (nSPS) is 11.2. The van der Waals surface area contributed by atoms with Crippen LogP contribution in [0.2, 0.25) is 20.1 Å². The number of hydrogen-bond donors (Lipinski definition) is 2. The van der Waals surface area contributed by atoms with Crippen molar-refractivity contribution in [2.45, 2.75) is 11.1 Å². The van der Waals surface area contributed by atoms with Crippen molar-refractivity contribution in [1.82, 2.24) is 5.32 Å². The van der Waals surface area contributed by atoms with Crippen LogP contribution in [0.1, 0.15) is 10.4 Å². The average Bonchev–Trinajstić information content (AvgIpc) is 2.52. The monoisotopic (exact) mass is 490 g/mol. The zero-order valence-corrected chi connectivity index (χ0v) is 17.3. The highest BCUT2D eigenvalue weighted by atomic mass is 35.5. The van der Waals surface area contributed by atoms with Crippen LogP contribution in [0.15, 0.2) is 35.2 Å². The molecule has 2 aromatic carbocycles. The van der Waals surface area contributed by atoms with Gasteiger partial charge in [-0.05, 0) is 24.3 Å². The molecule has 0 aromatic heterocycles. The van der Waals surface area contributed by atoms with Gasteiger partial charge in [0.15, 0.2) is 0 Å². The second kappa shape index (κ2) is 9.45. The van der Waals surface area contributed by atoms with Crippen LogP contribution in [-0.2, 0) is 0 Å². The summed E-state index contributed by atoms with van der Waals surface area (Å²) in [5.74, 6) is -2.02. The smallest absolute Gasteiger partial charge is 0.308 e. The summed E-state index contributed by atoms with van der Waals surface area (Å²) < 4.78 is 37.1. The summed E-state index contributed by atoms with van der Waals surface area (Å²) in [5.41, 5.74) is -0.0159. The van der Waals surface area contributed by atoms with Crippen LogP contribution in [0.5, 0.6) is 0 Å². The topological polar surface area (TPSA) is 58.2 Å². The van der Waals surface area contributed by atoms with Gasteiger partial charge in [0.2, 0.25) is 0 Å². The molecule has 3 amide bonds. The van der Waals surface area contributed by atoms with E-state index in [2.05, 4.69) is 5.32 Å². The number of thioether (sulfide) groups is 1. The van der Waals surface area contributed by atoms with Gasteiger partial charge in [-0.2, -0.15) is 13.2 Å². The van der Waals surface area contributed by atoms with Crippen molar-refractivity contribution in [2.75, 3.05) is 11.1 Å². The third-order valence-electron chi connectivity index (χ3n) is 3.05. The highest BCUT2D eigenvalue weighted by molar-refractivity contribution is 7.99. The molecule has 2 aromatic rings. The minimum absolute atomic E-state index is 0.0190. The lowest BCUT2D eigenvalue weighted by Crippen LogP contribution is -2.34. The molecule has 0 aliphatic carbocycles. The molecule has 0 atom stereocenters. The Morgan fingerprint density at radius 3 is 2.00 bits per heavy atom. The first kappa shape index (κ1) is 23.0. The van der Waals surface area contributed by atoms with E-state index in [4.69, 9.17) is 46.4 Å². The molecule has 0 fully saturated rings. The Kier molecular flexibility index (Phi) is 7.75. The first-order valence-electron chi connectivity index (χ1n) is 7.23. The van der Waals surface area contributed by atoms with Crippen LogP contribution < -0.4 is 10.6 Å². The van der Waals surface area contributed by atoms with Gasteiger partial charge < -0.3 is 5.32 Å². The number of halogens is 7. The highest BCUT2D eigenvalue weighted by Gasteiger charge is 2.28. The minimum Gasteiger partial charge on any atom is -0.308 e. The fraction of sp³-hybridized carbons (Fsp3) is 0.125. The van der Waals surface area contributed by atoms with Crippen molar-refractivity contribution in [2.24, 2.45) is 0 Å².